The largest absolute Gasteiger partial charge is 0.337 e. The van der Waals surface area contributed by atoms with Crippen LogP contribution in [0, 0.1) is 11.8 Å². The van der Waals surface area contributed by atoms with Gasteiger partial charge in [-0.2, -0.15) is 0 Å². The highest BCUT2D eigenvalue weighted by Crippen LogP contribution is 2.31. The van der Waals surface area contributed by atoms with Gasteiger partial charge in [0.15, 0.2) is 0 Å². The average molecular weight is 276 g/mol. The van der Waals surface area contributed by atoms with Crippen molar-refractivity contribution in [3.63, 3.8) is 0 Å². The normalized spacial score (nSPS) is 18.2. The summed E-state index contributed by atoms with van der Waals surface area (Å²) in [5.41, 5.74) is 0. The van der Waals surface area contributed by atoms with Crippen LogP contribution in [-0.4, -0.2) is 9.55 Å². The first kappa shape index (κ1) is 15.6. The highest BCUT2D eigenvalue weighted by Gasteiger charge is 2.19. The zero-order chi connectivity index (χ0) is 14.0. The van der Waals surface area contributed by atoms with Crippen LogP contribution in [0.25, 0.3) is 0 Å². The highest BCUT2D eigenvalue weighted by atomic mass is 15.0. The fourth-order valence-corrected chi connectivity index (χ4v) is 3.73. The van der Waals surface area contributed by atoms with E-state index in [4.69, 9.17) is 0 Å². The van der Waals surface area contributed by atoms with Crippen LogP contribution in [0.4, 0.5) is 0 Å². The second-order valence-corrected chi connectivity index (χ2v) is 6.71. The SMILES string of the molecule is CCCCCCC(CC1CCCCC1)Cn1ccnc1. The van der Waals surface area contributed by atoms with Crippen LogP contribution in [0.2, 0.25) is 0 Å². The maximum Gasteiger partial charge on any atom is 0.0945 e. The Morgan fingerprint density at radius 2 is 2.00 bits per heavy atom. The second kappa shape index (κ2) is 9.20. The van der Waals surface area contributed by atoms with Gasteiger partial charge in [0.1, 0.15) is 0 Å². The van der Waals surface area contributed by atoms with Crippen LogP contribution in [-0.2, 0) is 6.54 Å². The molecule has 20 heavy (non-hydrogen) atoms. The van der Waals surface area contributed by atoms with E-state index in [1.54, 1.807) is 0 Å². The number of hydrogen-bond acceptors (Lipinski definition) is 1. The molecule has 0 amide bonds. The van der Waals surface area contributed by atoms with E-state index >= 15 is 0 Å². The lowest BCUT2D eigenvalue weighted by molar-refractivity contribution is 0.256. The van der Waals surface area contributed by atoms with E-state index in [-0.39, 0.29) is 0 Å². The maximum atomic E-state index is 4.19. The average Bonchev–Trinajstić information content (AvgIpc) is 2.97. The molecule has 1 aliphatic rings. The van der Waals surface area contributed by atoms with Crippen molar-refractivity contribution in [2.24, 2.45) is 11.8 Å². The van der Waals surface area contributed by atoms with E-state index in [2.05, 4.69) is 22.7 Å². The summed E-state index contributed by atoms with van der Waals surface area (Å²) in [6, 6.07) is 0. The molecule has 0 bridgehead atoms. The maximum absolute atomic E-state index is 4.19. The molecule has 2 heteroatoms. The molecule has 0 spiro atoms. The quantitative estimate of drug-likeness (QED) is 0.549. The Kier molecular flexibility index (Phi) is 7.18. The predicted molar refractivity (Wildman–Crippen MR) is 85.7 cm³/mol. The van der Waals surface area contributed by atoms with E-state index in [9.17, 15) is 0 Å². The van der Waals surface area contributed by atoms with E-state index < -0.39 is 0 Å². The first-order valence-corrected chi connectivity index (χ1v) is 8.84. The standard InChI is InChI=1S/C18H32N2/c1-2-3-4-6-11-18(15-20-13-12-19-16-20)14-17-9-7-5-8-10-17/h12-13,16-18H,2-11,14-15H2,1H3. The molecule has 0 radical (unpaired) electrons. The van der Waals surface area contributed by atoms with E-state index in [0.717, 1.165) is 11.8 Å². The molecule has 1 fully saturated rings. The zero-order valence-corrected chi connectivity index (χ0v) is 13.3. The lowest BCUT2D eigenvalue weighted by Crippen LogP contribution is -2.16. The summed E-state index contributed by atoms with van der Waals surface area (Å²) in [6.07, 6.45) is 21.8. The van der Waals surface area contributed by atoms with Gasteiger partial charge in [0, 0.05) is 18.9 Å². The minimum Gasteiger partial charge on any atom is -0.337 e. The summed E-state index contributed by atoms with van der Waals surface area (Å²) >= 11 is 0. The van der Waals surface area contributed by atoms with Gasteiger partial charge in [0.05, 0.1) is 6.33 Å². The van der Waals surface area contributed by atoms with E-state index in [1.165, 1.54) is 77.2 Å². The molecule has 1 atom stereocenters. The van der Waals surface area contributed by atoms with Crippen molar-refractivity contribution < 1.29 is 0 Å². The molecular weight excluding hydrogens is 244 g/mol. The molecule has 1 aliphatic carbocycles. The summed E-state index contributed by atoms with van der Waals surface area (Å²) in [7, 11) is 0. The number of aromatic nitrogens is 2. The monoisotopic (exact) mass is 276 g/mol. The van der Waals surface area contributed by atoms with Crippen LogP contribution >= 0.6 is 0 Å². The molecule has 1 aromatic rings. The van der Waals surface area contributed by atoms with Crippen molar-refractivity contribution in [2.75, 3.05) is 0 Å². The van der Waals surface area contributed by atoms with Gasteiger partial charge in [0.25, 0.3) is 0 Å². The predicted octanol–water partition coefficient (Wildman–Crippen LogP) is 5.44. The van der Waals surface area contributed by atoms with E-state index in [0.29, 0.717) is 0 Å². The highest BCUT2D eigenvalue weighted by molar-refractivity contribution is 4.77. The van der Waals surface area contributed by atoms with Crippen molar-refractivity contribution >= 4 is 0 Å². The van der Waals surface area contributed by atoms with Gasteiger partial charge >= 0.3 is 0 Å². The Balaban J connectivity index is 1.78. The topological polar surface area (TPSA) is 17.8 Å². The summed E-state index contributed by atoms with van der Waals surface area (Å²) in [4.78, 5) is 4.19. The molecule has 1 unspecified atom stereocenters. The minimum atomic E-state index is 0.865. The van der Waals surface area contributed by atoms with Crippen molar-refractivity contribution in [1.29, 1.82) is 0 Å². The third-order valence-electron chi connectivity index (χ3n) is 4.89. The Hall–Kier alpha value is -0.790. The van der Waals surface area contributed by atoms with Crippen LogP contribution < -0.4 is 0 Å². The number of unbranched alkanes of at least 4 members (excludes halogenated alkanes) is 3. The smallest absolute Gasteiger partial charge is 0.0945 e. The molecule has 1 saturated carbocycles. The van der Waals surface area contributed by atoms with Gasteiger partial charge in [-0.05, 0) is 24.7 Å². The number of rotatable bonds is 9. The van der Waals surface area contributed by atoms with Crippen LogP contribution in [0.5, 0.6) is 0 Å². The Morgan fingerprint density at radius 3 is 2.70 bits per heavy atom. The lowest BCUT2D eigenvalue weighted by Gasteiger charge is -2.27. The minimum absolute atomic E-state index is 0.865. The number of nitrogens with zero attached hydrogens (tertiary/aromatic N) is 2. The molecular formula is C18H32N2. The Morgan fingerprint density at radius 1 is 1.15 bits per heavy atom. The summed E-state index contributed by atoms with van der Waals surface area (Å²) in [6.45, 7) is 3.48. The van der Waals surface area contributed by atoms with Gasteiger partial charge in [-0.3, -0.25) is 0 Å². The van der Waals surface area contributed by atoms with Crippen molar-refractivity contribution in [2.45, 2.75) is 84.1 Å². The van der Waals surface area contributed by atoms with Crippen molar-refractivity contribution in [3.8, 4) is 0 Å². The van der Waals surface area contributed by atoms with Gasteiger partial charge in [-0.15, -0.1) is 0 Å². The van der Waals surface area contributed by atoms with Gasteiger partial charge < -0.3 is 4.57 Å². The molecule has 0 N–H and O–H groups in total. The number of imidazole rings is 1. The van der Waals surface area contributed by atoms with Crippen molar-refractivity contribution in [1.82, 2.24) is 9.55 Å². The molecule has 2 rings (SSSR count). The summed E-state index contributed by atoms with van der Waals surface area (Å²) in [5, 5.41) is 0. The van der Waals surface area contributed by atoms with Crippen LogP contribution in [0.15, 0.2) is 18.7 Å². The summed E-state index contributed by atoms with van der Waals surface area (Å²) < 4.78 is 2.29. The van der Waals surface area contributed by atoms with Crippen LogP contribution in [0.1, 0.15) is 77.6 Å². The molecule has 1 aromatic heterocycles. The molecule has 0 aliphatic heterocycles. The third-order valence-corrected chi connectivity index (χ3v) is 4.89. The molecule has 114 valence electrons. The zero-order valence-electron chi connectivity index (χ0n) is 13.3. The van der Waals surface area contributed by atoms with Gasteiger partial charge in [0.2, 0.25) is 0 Å². The third kappa shape index (κ3) is 5.68. The molecule has 1 heterocycles. The molecule has 0 saturated heterocycles. The first-order chi connectivity index (χ1) is 9.88. The number of hydrogen-bond donors (Lipinski definition) is 0. The first-order valence-electron chi connectivity index (χ1n) is 8.84. The van der Waals surface area contributed by atoms with Gasteiger partial charge in [-0.1, -0.05) is 64.7 Å². The second-order valence-electron chi connectivity index (χ2n) is 6.71. The molecule has 2 nitrogen and oxygen atoms in total. The molecule has 0 aromatic carbocycles. The van der Waals surface area contributed by atoms with Crippen molar-refractivity contribution in [3.05, 3.63) is 18.7 Å². The van der Waals surface area contributed by atoms with Gasteiger partial charge in [-0.25, -0.2) is 4.98 Å². The fourth-order valence-electron chi connectivity index (χ4n) is 3.73. The fraction of sp³-hybridized carbons (Fsp3) is 0.833. The van der Waals surface area contributed by atoms with Crippen LogP contribution in [0.3, 0.4) is 0 Å². The lowest BCUT2D eigenvalue weighted by atomic mass is 9.81. The summed E-state index contributed by atoms with van der Waals surface area (Å²) in [5.74, 6) is 1.87. The van der Waals surface area contributed by atoms with E-state index in [1.807, 2.05) is 12.5 Å². The Bertz CT molecular complexity index is 325. The Labute approximate surface area is 125 Å².